The van der Waals surface area contributed by atoms with Crippen LogP contribution in [0.3, 0.4) is 0 Å². The van der Waals surface area contributed by atoms with Crippen molar-refractivity contribution in [3.8, 4) is 11.5 Å². The molecule has 0 unspecified atom stereocenters. The van der Waals surface area contributed by atoms with Crippen molar-refractivity contribution in [2.75, 3.05) is 6.61 Å². The lowest BCUT2D eigenvalue weighted by Gasteiger charge is -2.23. The zero-order valence-corrected chi connectivity index (χ0v) is 17.4. The number of nitrogens with one attached hydrogen (secondary N) is 2. The van der Waals surface area contributed by atoms with Crippen LogP contribution in [0.25, 0.3) is 0 Å². The van der Waals surface area contributed by atoms with Crippen molar-refractivity contribution < 1.29 is 9.47 Å². The number of ether oxygens (including phenoxy) is 2. The van der Waals surface area contributed by atoms with Crippen molar-refractivity contribution in [3.63, 3.8) is 0 Å². The summed E-state index contributed by atoms with van der Waals surface area (Å²) in [6, 6.07) is 15.9. The lowest BCUT2D eigenvalue weighted by atomic mass is 10.1. The zero-order chi connectivity index (χ0) is 19.9. The van der Waals surface area contributed by atoms with Crippen LogP contribution in [-0.2, 0) is 0 Å². The molecule has 0 bridgehead atoms. The minimum absolute atomic E-state index is 0.126. The average molecular weight is 401 g/mol. The topological polar surface area (TPSA) is 58.1 Å². The lowest BCUT2D eigenvalue weighted by molar-refractivity contribution is 0.234. The first-order valence-corrected chi connectivity index (χ1v) is 10.1. The molecule has 150 valence electrons. The smallest absolute Gasteiger partial charge is 0.156 e. The van der Waals surface area contributed by atoms with Crippen LogP contribution in [0.2, 0.25) is 0 Å². The minimum Gasteiger partial charge on any atom is -0.494 e. The molecule has 2 N–H and O–H groups in total. The molecule has 0 aliphatic carbocycles. The maximum atomic E-state index is 5.81. The number of hydrazine groups is 1. The highest BCUT2D eigenvalue weighted by molar-refractivity contribution is 7.80. The summed E-state index contributed by atoms with van der Waals surface area (Å²) in [7, 11) is 0. The quantitative estimate of drug-likeness (QED) is 0.463. The molecule has 6 nitrogen and oxygen atoms in total. The highest BCUT2D eigenvalue weighted by Crippen LogP contribution is 2.28. The van der Waals surface area contributed by atoms with Gasteiger partial charge in [0.15, 0.2) is 5.50 Å². The standard InChI is InChI=1S/C21H28N4O2S/c1-4-12-26-18-10-8-16(9-11-18)14-22-25-20(23-24-21(25)28)17-6-5-7-19(13-17)27-15(2)3/h5-11,13-15,20-21,23-24,28H,4,12H2,1-3H3/b22-14-/t20-,21+/m0/s1. The molecule has 1 aliphatic rings. The average Bonchev–Trinajstić information content (AvgIpc) is 3.06. The Kier molecular flexibility index (Phi) is 7.19. The van der Waals surface area contributed by atoms with Gasteiger partial charge >= 0.3 is 0 Å². The Morgan fingerprint density at radius 2 is 1.93 bits per heavy atom. The van der Waals surface area contributed by atoms with E-state index in [1.165, 1.54) is 0 Å². The molecular weight excluding hydrogens is 372 g/mol. The monoisotopic (exact) mass is 400 g/mol. The van der Waals surface area contributed by atoms with E-state index in [0.29, 0.717) is 0 Å². The molecule has 0 radical (unpaired) electrons. The van der Waals surface area contributed by atoms with Crippen LogP contribution in [0.5, 0.6) is 11.5 Å². The molecule has 0 aromatic heterocycles. The third-order valence-corrected chi connectivity index (χ3v) is 4.47. The van der Waals surface area contributed by atoms with Gasteiger partial charge in [-0.15, -0.1) is 12.6 Å². The van der Waals surface area contributed by atoms with Crippen LogP contribution in [0.1, 0.15) is 44.5 Å². The van der Waals surface area contributed by atoms with E-state index in [1.807, 2.05) is 73.6 Å². The molecule has 1 fully saturated rings. The number of rotatable bonds is 8. The third kappa shape index (κ3) is 5.41. The normalized spacial score (nSPS) is 19.5. The van der Waals surface area contributed by atoms with Gasteiger partial charge in [0, 0.05) is 0 Å². The van der Waals surface area contributed by atoms with Crippen LogP contribution in [-0.4, -0.2) is 29.4 Å². The molecule has 0 saturated carbocycles. The van der Waals surface area contributed by atoms with E-state index in [2.05, 4.69) is 35.5 Å². The van der Waals surface area contributed by atoms with E-state index in [-0.39, 0.29) is 17.8 Å². The fraction of sp³-hybridized carbons (Fsp3) is 0.381. The SMILES string of the molecule is CCCOc1ccc(/C=N\N2[C@H](S)NN[C@@H]2c2cccc(OC(C)C)c2)cc1. The first kappa shape index (κ1) is 20.5. The number of benzene rings is 2. The van der Waals surface area contributed by atoms with E-state index in [0.717, 1.165) is 35.7 Å². The van der Waals surface area contributed by atoms with Gasteiger partial charge in [0.05, 0.1) is 18.9 Å². The van der Waals surface area contributed by atoms with E-state index >= 15 is 0 Å². The third-order valence-electron chi connectivity index (χ3n) is 4.10. The van der Waals surface area contributed by atoms with Crippen molar-refractivity contribution in [1.29, 1.82) is 0 Å². The van der Waals surface area contributed by atoms with Crippen LogP contribution in [0, 0.1) is 0 Å². The van der Waals surface area contributed by atoms with Crippen molar-refractivity contribution in [2.24, 2.45) is 5.10 Å². The molecule has 2 atom stereocenters. The van der Waals surface area contributed by atoms with E-state index in [9.17, 15) is 0 Å². The molecule has 7 heteroatoms. The van der Waals surface area contributed by atoms with Gasteiger partial charge in [-0.05, 0) is 67.8 Å². The molecule has 1 saturated heterocycles. The van der Waals surface area contributed by atoms with Gasteiger partial charge in [0.2, 0.25) is 0 Å². The summed E-state index contributed by atoms with van der Waals surface area (Å²) in [6.07, 6.45) is 2.79. The second-order valence-corrected chi connectivity index (χ2v) is 7.34. The van der Waals surface area contributed by atoms with Gasteiger partial charge in [-0.3, -0.25) is 0 Å². The summed E-state index contributed by atoms with van der Waals surface area (Å²) < 4.78 is 11.4. The summed E-state index contributed by atoms with van der Waals surface area (Å²) in [5.74, 6) is 1.71. The van der Waals surface area contributed by atoms with Crippen LogP contribution < -0.4 is 20.3 Å². The number of hydrogen-bond donors (Lipinski definition) is 3. The summed E-state index contributed by atoms with van der Waals surface area (Å²) in [6.45, 7) is 6.84. The predicted molar refractivity (Wildman–Crippen MR) is 116 cm³/mol. The minimum atomic E-state index is -0.247. The first-order chi connectivity index (χ1) is 13.6. The predicted octanol–water partition coefficient (Wildman–Crippen LogP) is 3.92. The molecule has 0 amide bonds. The molecule has 1 aliphatic heterocycles. The Labute approximate surface area is 172 Å². The van der Waals surface area contributed by atoms with Gasteiger partial charge in [-0.2, -0.15) is 5.10 Å². The molecular formula is C21H28N4O2S. The molecule has 1 heterocycles. The van der Waals surface area contributed by atoms with Crippen LogP contribution >= 0.6 is 12.6 Å². The van der Waals surface area contributed by atoms with Crippen molar-refractivity contribution >= 4 is 18.8 Å². The molecule has 2 aromatic carbocycles. The first-order valence-electron chi connectivity index (χ1n) is 9.57. The van der Waals surface area contributed by atoms with E-state index in [4.69, 9.17) is 9.47 Å². The maximum Gasteiger partial charge on any atom is 0.156 e. The van der Waals surface area contributed by atoms with Gasteiger partial charge in [-0.25, -0.2) is 15.9 Å². The van der Waals surface area contributed by atoms with Gasteiger partial charge < -0.3 is 9.47 Å². The van der Waals surface area contributed by atoms with Crippen molar-refractivity contribution in [3.05, 3.63) is 59.7 Å². The largest absolute Gasteiger partial charge is 0.494 e. The summed E-state index contributed by atoms with van der Waals surface area (Å²) in [4.78, 5) is 0. The number of hydrogen-bond acceptors (Lipinski definition) is 7. The van der Waals surface area contributed by atoms with Crippen LogP contribution in [0.4, 0.5) is 0 Å². The molecule has 28 heavy (non-hydrogen) atoms. The Bertz CT molecular complexity index is 782. The number of nitrogens with zero attached hydrogens (tertiary/aromatic N) is 2. The van der Waals surface area contributed by atoms with E-state index < -0.39 is 0 Å². The Morgan fingerprint density at radius 3 is 2.64 bits per heavy atom. The second kappa shape index (κ2) is 9.82. The summed E-state index contributed by atoms with van der Waals surface area (Å²) in [5, 5.41) is 6.51. The van der Waals surface area contributed by atoms with Crippen LogP contribution in [0.15, 0.2) is 53.6 Å². The Morgan fingerprint density at radius 1 is 1.14 bits per heavy atom. The number of hydrazone groups is 1. The summed E-state index contributed by atoms with van der Waals surface area (Å²) in [5.41, 5.74) is 8.13. The molecule has 3 rings (SSSR count). The maximum absolute atomic E-state index is 5.81. The van der Waals surface area contributed by atoms with E-state index in [1.54, 1.807) is 0 Å². The lowest BCUT2D eigenvalue weighted by Crippen LogP contribution is -2.28. The highest BCUT2D eigenvalue weighted by atomic mass is 32.1. The summed E-state index contributed by atoms with van der Waals surface area (Å²) >= 11 is 4.57. The molecule has 2 aromatic rings. The Hall–Kier alpha value is -2.22. The second-order valence-electron chi connectivity index (χ2n) is 6.85. The zero-order valence-electron chi connectivity index (χ0n) is 16.5. The van der Waals surface area contributed by atoms with Gasteiger partial charge in [0.25, 0.3) is 0 Å². The highest BCUT2D eigenvalue weighted by Gasteiger charge is 2.30. The van der Waals surface area contributed by atoms with Gasteiger partial charge in [-0.1, -0.05) is 19.1 Å². The van der Waals surface area contributed by atoms with Gasteiger partial charge in [0.1, 0.15) is 17.7 Å². The number of thiol groups is 1. The fourth-order valence-corrected chi connectivity index (χ4v) is 3.09. The van der Waals surface area contributed by atoms with Crippen molar-refractivity contribution in [2.45, 2.75) is 45.0 Å². The Balaban J connectivity index is 1.72. The fourth-order valence-electron chi connectivity index (χ4n) is 2.83. The van der Waals surface area contributed by atoms with Crippen molar-refractivity contribution in [1.82, 2.24) is 15.9 Å². The molecule has 0 spiro atoms.